The fourth-order valence-electron chi connectivity index (χ4n) is 2.94. The normalized spacial score (nSPS) is 22.8. The van der Waals surface area contributed by atoms with Crippen molar-refractivity contribution in [3.05, 3.63) is 0 Å². The molecule has 0 unspecified atom stereocenters. The maximum Gasteiger partial charge on any atom is 0.208 e. The van der Waals surface area contributed by atoms with Crippen LogP contribution in [0.2, 0.25) is 0 Å². The molecule has 1 saturated carbocycles. The molecule has 0 aromatic heterocycles. The summed E-state index contributed by atoms with van der Waals surface area (Å²) >= 11 is 0. The second-order valence-electron chi connectivity index (χ2n) is 6.05. The van der Waals surface area contributed by atoms with Crippen LogP contribution in [0.15, 0.2) is 0 Å². The molecule has 1 fully saturated rings. The van der Waals surface area contributed by atoms with Gasteiger partial charge < -0.3 is 0 Å². The minimum absolute atomic E-state index is 0.165. The topological polar surface area (TPSA) is 46.2 Å². The van der Waals surface area contributed by atoms with E-state index in [2.05, 4.69) is 4.72 Å². The Labute approximate surface area is 119 Å². The molecule has 0 aromatic carbocycles. The van der Waals surface area contributed by atoms with Crippen molar-refractivity contribution in [3.8, 4) is 0 Å². The van der Waals surface area contributed by atoms with Gasteiger partial charge in [-0.2, -0.15) is 0 Å². The van der Waals surface area contributed by atoms with Gasteiger partial charge in [0, 0.05) is 6.04 Å². The third kappa shape index (κ3) is 10.4. The van der Waals surface area contributed by atoms with Gasteiger partial charge in [-0.1, -0.05) is 70.6 Å². The summed E-state index contributed by atoms with van der Waals surface area (Å²) in [6.45, 7) is 0. The van der Waals surface area contributed by atoms with Gasteiger partial charge in [0.25, 0.3) is 0 Å². The minimum atomic E-state index is -3.05. The third-order valence-corrected chi connectivity index (χ3v) is 4.75. The van der Waals surface area contributed by atoms with E-state index in [0.717, 1.165) is 25.7 Å². The smallest absolute Gasteiger partial charge is 0.208 e. The molecular formula is C15H31NO2S. The monoisotopic (exact) mass is 289 g/mol. The van der Waals surface area contributed by atoms with E-state index in [0.29, 0.717) is 0 Å². The molecule has 1 rings (SSSR count). The van der Waals surface area contributed by atoms with Gasteiger partial charge in [0.05, 0.1) is 6.26 Å². The van der Waals surface area contributed by atoms with Crippen molar-refractivity contribution in [2.45, 2.75) is 89.5 Å². The molecular weight excluding hydrogens is 258 g/mol. The quantitative estimate of drug-likeness (QED) is 0.835. The van der Waals surface area contributed by atoms with Crippen LogP contribution in [0.25, 0.3) is 0 Å². The molecule has 19 heavy (non-hydrogen) atoms. The highest BCUT2D eigenvalue weighted by Crippen LogP contribution is 2.17. The first kappa shape index (κ1) is 17.0. The van der Waals surface area contributed by atoms with E-state index in [1.807, 2.05) is 0 Å². The van der Waals surface area contributed by atoms with Gasteiger partial charge in [-0.3, -0.25) is 0 Å². The van der Waals surface area contributed by atoms with Crippen LogP contribution >= 0.6 is 0 Å². The van der Waals surface area contributed by atoms with Crippen molar-refractivity contribution in [1.29, 1.82) is 0 Å². The summed E-state index contributed by atoms with van der Waals surface area (Å²) in [6, 6.07) is 0.165. The third-order valence-electron chi connectivity index (χ3n) is 3.99. The van der Waals surface area contributed by atoms with Crippen LogP contribution in [-0.2, 0) is 10.0 Å². The molecule has 0 heterocycles. The Morgan fingerprint density at radius 2 is 1.00 bits per heavy atom. The molecule has 3 nitrogen and oxygen atoms in total. The number of hydrogen-bond acceptors (Lipinski definition) is 2. The van der Waals surface area contributed by atoms with Gasteiger partial charge in [0.15, 0.2) is 0 Å². The molecule has 0 atom stereocenters. The second kappa shape index (κ2) is 9.76. The lowest BCUT2D eigenvalue weighted by molar-refractivity contribution is 0.444. The summed E-state index contributed by atoms with van der Waals surface area (Å²) in [5, 5.41) is 0. The lowest BCUT2D eigenvalue weighted by Gasteiger charge is -2.17. The van der Waals surface area contributed by atoms with Gasteiger partial charge in [-0.15, -0.1) is 0 Å². The lowest BCUT2D eigenvalue weighted by Crippen LogP contribution is -2.34. The fourth-order valence-corrected chi connectivity index (χ4v) is 3.78. The molecule has 0 radical (unpaired) electrons. The molecule has 0 amide bonds. The fraction of sp³-hybridized carbons (Fsp3) is 1.00. The van der Waals surface area contributed by atoms with Crippen molar-refractivity contribution in [3.63, 3.8) is 0 Å². The number of hydrogen-bond donors (Lipinski definition) is 1. The molecule has 4 heteroatoms. The first-order valence-electron chi connectivity index (χ1n) is 8.05. The minimum Gasteiger partial charge on any atom is -0.213 e. The predicted molar refractivity (Wildman–Crippen MR) is 81.8 cm³/mol. The average molecular weight is 289 g/mol. The number of nitrogens with one attached hydrogen (secondary N) is 1. The van der Waals surface area contributed by atoms with Gasteiger partial charge >= 0.3 is 0 Å². The average Bonchev–Trinajstić information content (AvgIpc) is 2.32. The standard InChI is InChI=1S/C15H31NO2S/c1-19(17,18)16-15-13-11-9-7-5-3-2-4-6-8-10-12-14-15/h15-16H,2-14H2,1H3. The van der Waals surface area contributed by atoms with E-state index in [-0.39, 0.29) is 6.04 Å². The van der Waals surface area contributed by atoms with E-state index >= 15 is 0 Å². The molecule has 1 aliphatic carbocycles. The van der Waals surface area contributed by atoms with E-state index in [1.54, 1.807) is 0 Å². The highest BCUT2D eigenvalue weighted by atomic mass is 32.2. The molecule has 114 valence electrons. The maximum absolute atomic E-state index is 11.4. The summed E-state index contributed by atoms with van der Waals surface area (Å²) in [6.07, 6.45) is 17.6. The Balaban J connectivity index is 2.36. The molecule has 1 aliphatic rings. The first-order valence-corrected chi connectivity index (χ1v) is 9.94. The van der Waals surface area contributed by atoms with Crippen LogP contribution in [0.5, 0.6) is 0 Å². The SMILES string of the molecule is CS(=O)(=O)NC1CCCCCCCCCCCCC1. The zero-order valence-electron chi connectivity index (χ0n) is 12.5. The lowest BCUT2D eigenvalue weighted by atomic mass is 9.99. The summed E-state index contributed by atoms with van der Waals surface area (Å²) in [5.41, 5.74) is 0. The van der Waals surface area contributed by atoms with Crippen LogP contribution in [0.1, 0.15) is 83.5 Å². The van der Waals surface area contributed by atoms with Crippen LogP contribution < -0.4 is 4.72 Å². The Bertz CT molecular complexity index is 300. The van der Waals surface area contributed by atoms with Crippen molar-refractivity contribution in [1.82, 2.24) is 4.72 Å². The second-order valence-corrected chi connectivity index (χ2v) is 7.83. The van der Waals surface area contributed by atoms with Gasteiger partial charge in [0.1, 0.15) is 0 Å². The predicted octanol–water partition coefficient (Wildman–Crippen LogP) is 3.99. The molecule has 0 aromatic rings. The van der Waals surface area contributed by atoms with Crippen LogP contribution in [-0.4, -0.2) is 20.7 Å². The Morgan fingerprint density at radius 1 is 0.684 bits per heavy atom. The summed E-state index contributed by atoms with van der Waals surface area (Å²) in [4.78, 5) is 0. The van der Waals surface area contributed by atoms with Crippen molar-refractivity contribution in [2.24, 2.45) is 0 Å². The zero-order chi connectivity index (χ0) is 14.0. The highest BCUT2D eigenvalue weighted by molar-refractivity contribution is 7.88. The van der Waals surface area contributed by atoms with E-state index < -0.39 is 10.0 Å². The summed E-state index contributed by atoms with van der Waals surface area (Å²) < 4.78 is 25.5. The summed E-state index contributed by atoms with van der Waals surface area (Å²) in [7, 11) is -3.05. The first-order chi connectivity index (χ1) is 9.08. The summed E-state index contributed by atoms with van der Waals surface area (Å²) in [5.74, 6) is 0. The van der Waals surface area contributed by atoms with Crippen LogP contribution in [0, 0.1) is 0 Å². The van der Waals surface area contributed by atoms with E-state index in [4.69, 9.17) is 0 Å². The molecule has 1 N–H and O–H groups in total. The van der Waals surface area contributed by atoms with Crippen LogP contribution in [0.4, 0.5) is 0 Å². The largest absolute Gasteiger partial charge is 0.213 e. The van der Waals surface area contributed by atoms with Crippen molar-refractivity contribution in [2.75, 3.05) is 6.26 Å². The van der Waals surface area contributed by atoms with Gasteiger partial charge in [-0.05, 0) is 12.8 Å². The Morgan fingerprint density at radius 3 is 1.32 bits per heavy atom. The highest BCUT2D eigenvalue weighted by Gasteiger charge is 2.13. The maximum atomic E-state index is 11.4. The van der Waals surface area contributed by atoms with Crippen LogP contribution in [0.3, 0.4) is 0 Å². The molecule has 0 saturated heterocycles. The Hall–Kier alpha value is -0.0900. The zero-order valence-corrected chi connectivity index (χ0v) is 13.3. The van der Waals surface area contributed by atoms with E-state index in [9.17, 15) is 8.42 Å². The molecule has 0 aliphatic heterocycles. The van der Waals surface area contributed by atoms with Gasteiger partial charge in [-0.25, -0.2) is 13.1 Å². The van der Waals surface area contributed by atoms with Gasteiger partial charge in [0.2, 0.25) is 10.0 Å². The molecule has 0 spiro atoms. The molecule has 0 bridgehead atoms. The number of rotatable bonds is 2. The van der Waals surface area contributed by atoms with Crippen molar-refractivity contribution < 1.29 is 8.42 Å². The van der Waals surface area contributed by atoms with E-state index in [1.165, 1.54) is 64.0 Å². The Kier molecular flexibility index (Phi) is 8.71. The number of sulfonamides is 1. The van der Waals surface area contributed by atoms with Crippen molar-refractivity contribution >= 4 is 10.0 Å².